The van der Waals surface area contributed by atoms with Crippen LogP contribution in [0.15, 0.2) is 18.2 Å². The Morgan fingerprint density at radius 2 is 2.13 bits per heavy atom. The Morgan fingerprint density at radius 3 is 2.67 bits per heavy atom. The van der Waals surface area contributed by atoms with Gasteiger partial charge in [0, 0.05) is 12.2 Å². The van der Waals surface area contributed by atoms with Crippen molar-refractivity contribution in [1.29, 1.82) is 5.26 Å². The molecule has 0 aliphatic carbocycles. The molecule has 0 amide bonds. The molecule has 1 N–H and O–H groups in total. The molecule has 1 unspecified atom stereocenters. The highest BCUT2D eigenvalue weighted by Gasteiger charge is 2.05. The van der Waals surface area contributed by atoms with Crippen LogP contribution in [0.4, 0.5) is 14.5 Å². The molecule has 0 aliphatic heterocycles. The second kappa shape index (κ2) is 5.30. The summed E-state index contributed by atoms with van der Waals surface area (Å²) in [5.41, 5.74) is 0.489. The van der Waals surface area contributed by atoms with E-state index in [1.54, 1.807) is 0 Å². The lowest BCUT2D eigenvalue weighted by atomic mass is 10.1. The highest BCUT2D eigenvalue weighted by Crippen LogP contribution is 2.13. The van der Waals surface area contributed by atoms with Crippen LogP contribution < -0.4 is 5.32 Å². The first kappa shape index (κ1) is 11.4. The number of benzene rings is 1. The molecule has 1 aromatic rings. The number of nitriles is 1. The van der Waals surface area contributed by atoms with Gasteiger partial charge in [0.1, 0.15) is 0 Å². The molecule has 0 bridgehead atoms. The monoisotopic (exact) mass is 210 g/mol. The molecule has 80 valence electrons. The zero-order valence-electron chi connectivity index (χ0n) is 8.43. The zero-order chi connectivity index (χ0) is 11.3. The van der Waals surface area contributed by atoms with Gasteiger partial charge in [-0.2, -0.15) is 5.26 Å². The Hall–Kier alpha value is -1.63. The quantitative estimate of drug-likeness (QED) is 0.829. The number of anilines is 1. The van der Waals surface area contributed by atoms with E-state index in [1.165, 1.54) is 6.07 Å². The third-order valence-corrected chi connectivity index (χ3v) is 2.15. The molecule has 1 atom stereocenters. The highest BCUT2D eigenvalue weighted by molar-refractivity contribution is 5.43. The van der Waals surface area contributed by atoms with E-state index in [0.29, 0.717) is 12.2 Å². The number of nitrogens with one attached hydrogen (secondary N) is 1. The molecule has 0 radical (unpaired) electrons. The first-order chi connectivity index (χ1) is 7.17. The Kier molecular flexibility index (Phi) is 4.04. The fourth-order valence-electron chi connectivity index (χ4n) is 1.13. The SMILES string of the molecule is CCC(C#N)CNc1ccc(F)c(F)c1. The van der Waals surface area contributed by atoms with Crippen molar-refractivity contribution in [2.75, 3.05) is 11.9 Å². The van der Waals surface area contributed by atoms with Gasteiger partial charge in [0.05, 0.1) is 12.0 Å². The lowest BCUT2D eigenvalue weighted by molar-refractivity contribution is 0.509. The number of hydrogen-bond acceptors (Lipinski definition) is 2. The normalized spacial score (nSPS) is 11.9. The molecule has 0 heterocycles. The maximum absolute atomic E-state index is 12.8. The lowest BCUT2D eigenvalue weighted by Gasteiger charge is -2.09. The summed E-state index contributed by atoms with van der Waals surface area (Å²) in [6, 6.07) is 5.71. The van der Waals surface area contributed by atoms with Gasteiger partial charge < -0.3 is 5.32 Å². The smallest absolute Gasteiger partial charge is 0.160 e. The minimum absolute atomic E-state index is 0.113. The summed E-state index contributed by atoms with van der Waals surface area (Å²) in [4.78, 5) is 0. The Labute approximate surface area is 87.5 Å². The zero-order valence-corrected chi connectivity index (χ0v) is 8.43. The van der Waals surface area contributed by atoms with E-state index >= 15 is 0 Å². The molecule has 2 nitrogen and oxygen atoms in total. The Bertz CT molecular complexity index is 371. The topological polar surface area (TPSA) is 35.8 Å². The summed E-state index contributed by atoms with van der Waals surface area (Å²) in [6.07, 6.45) is 0.729. The van der Waals surface area contributed by atoms with Gasteiger partial charge in [-0.15, -0.1) is 0 Å². The van der Waals surface area contributed by atoms with Crippen molar-refractivity contribution >= 4 is 5.69 Å². The van der Waals surface area contributed by atoms with E-state index in [-0.39, 0.29) is 5.92 Å². The molecule has 0 fully saturated rings. The van der Waals surface area contributed by atoms with Gasteiger partial charge in [0.2, 0.25) is 0 Å². The van der Waals surface area contributed by atoms with Crippen LogP contribution >= 0.6 is 0 Å². The average molecular weight is 210 g/mol. The van der Waals surface area contributed by atoms with Crippen molar-refractivity contribution in [1.82, 2.24) is 0 Å². The van der Waals surface area contributed by atoms with Crippen molar-refractivity contribution in [2.24, 2.45) is 5.92 Å². The molecule has 0 spiro atoms. The number of halogens is 2. The summed E-state index contributed by atoms with van der Waals surface area (Å²) >= 11 is 0. The molecule has 4 heteroatoms. The Balaban J connectivity index is 2.59. The third kappa shape index (κ3) is 3.21. The van der Waals surface area contributed by atoms with Crippen LogP contribution in [0, 0.1) is 28.9 Å². The van der Waals surface area contributed by atoms with Gasteiger partial charge in [0.25, 0.3) is 0 Å². The molecule has 0 aliphatic rings. The van der Waals surface area contributed by atoms with Crippen LogP contribution in [-0.4, -0.2) is 6.54 Å². The van der Waals surface area contributed by atoms with Crippen molar-refractivity contribution in [3.8, 4) is 6.07 Å². The summed E-state index contributed by atoms with van der Waals surface area (Å²) in [5.74, 6) is -1.86. The first-order valence-electron chi connectivity index (χ1n) is 4.76. The number of nitrogens with zero attached hydrogens (tertiary/aromatic N) is 1. The highest BCUT2D eigenvalue weighted by atomic mass is 19.2. The Morgan fingerprint density at radius 1 is 1.40 bits per heavy atom. The molecular formula is C11H12F2N2. The van der Waals surface area contributed by atoms with Gasteiger partial charge in [-0.05, 0) is 24.6 Å². The summed E-state index contributed by atoms with van der Waals surface area (Å²) in [5, 5.41) is 11.6. The largest absolute Gasteiger partial charge is 0.384 e. The van der Waals surface area contributed by atoms with Gasteiger partial charge in [-0.25, -0.2) is 8.78 Å². The lowest BCUT2D eigenvalue weighted by Crippen LogP contribution is -2.11. The maximum atomic E-state index is 12.8. The molecule has 15 heavy (non-hydrogen) atoms. The summed E-state index contributed by atoms with van der Waals surface area (Å²) in [6.45, 7) is 2.35. The van der Waals surface area contributed by atoms with Crippen molar-refractivity contribution in [3.63, 3.8) is 0 Å². The maximum Gasteiger partial charge on any atom is 0.160 e. The number of rotatable bonds is 4. The van der Waals surface area contributed by atoms with E-state index in [9.17, 15) is 8.78 Å². The minimum Gasteiger partial charge on any atom is -0.384 e. The minimum atomic E-state index is -0.884. The van der Waals surface area contributed by atoms with Crippen LogP contribution in [-0.2, 0) is 0 Å². The van der Waals surface area contributed by atoms with Crippen LogP contribution in [0.2, 0.25) is 0 Å². The van der Waals surface area contributed by atoms with Gasteiger partial charge in [0.15, 0.2) is 11.6 Å². The van der Waals surface area contributed by atoms with E-state index in [4.69, 9.17) is 5.26 Å². The molecular weight excluding hydrogens is 198 g/mol. The van der Waals surface area contributed by atoms with Gasteiger partial charge >= 0.3 is 0 Å². The van der Waals surface area contributed by atoms with E-state index in [2.05, 4.69) is 11.4 Å². The average Bonchev–Trinajstić information content (AvgIpc) is 2.24. The standard InChI is InChI=1S/C11H12F2N2/c1-2-8(6-14)7-15-9-3-4-10(12)11(13)5-9/h3-5,8,15H,2,7H2,1H3. The molecule has 0 saturated carbocycles. The molecule has 1 rings (SSSR count). The first-order valence-corrected chi connectivity index (χ1v) is 4.76. The summed E-state index contributed by atoms with van der Waals surface area (Å²) < 4.78 is 25.4. The summed E-state index contributed by atoms with van der Waals surface area (Å²) in [7, 11) is 0. The van der Waals surface area contributed by atoms with E-state index < -0.39 is 11.6 Å². The third-order valence-electron chi connectivity index (χ3n) is 2.15. The predicted molar refractivity (Wildman–Crippen MR) is 54.2 cm³/mol. The predicted octanol–water partition coefficient (Wildman–Crippen LogP) is 2.93. The van der Waals surface area contributed by atoms with E-state index in [1.807, 2.05) is 6.92 Å². The fraction of sp³-hybridized carbons (Fsp3) is 0.364. The van der Waals surface area contributed by atoms with Crippen LogP contribution in [0.25, 0.3) is 0 Å². The second-order valence-electron chi connectivity index (χ2n) is 3.24. The van der Waals surface area contributed by atoms with Crippen molar-refractivity contribution in [2.45, 2.75) is 13.3 Å². The fourth-order valence-corrected chi connectivity index (χ4v) is 1.13. The van der Waals surface area contributed by atoms with E-state index in [0.717, 1.165) is 18.6 Å². The van der Waals surface area contributed by atoms with Gasteiger partial charge in [-0.1, -0.05) is 6.92 Å². The van der Waals surface area contributed by atoms with Crippen LogP contribution in [0.1, 0.15) is 13.3 Å². The van der Waals surface area contributed by atoms with Gasteiger partial charge in [-0.3, -0.25) is 0 Å². The second-order valence-corrected chi connectivity index (χ2v) is 3.24. The van der Waals surface area contributed by atoms with Crippen LogP contribution in [0.3, 0.4) is 0 Å². The van der Waals surface area contributed by atoms with Crippen molar-refractivity contribution in [3.05, 3.63) is 29.8 Å². The molecule has 0 aromatic heterocycles. The van der Waals surface area contributed by atoms with Crippen LogP contribution in [0.5, 0.6) is 0 Å². The molecule has 0 saturated heterocycles. The molecule has 1 aromatic carbocycles. The number of hydrogen-bond donors (Lipinski definition) is 1. The van der Waals surface area contributed by atoms with Crippen molar-refractivity contribution < 1.29 is 8.78 Å².